The maximum Gasteiger partial charge on any atom is 0.250 e. The Labute approximate surface area is 156 Å². The van der Waals surface area contributed by atoms with Crippen molar-refractivity contribution < 1.29 is 4.79 Å². The summed E-state index contributed by atoms with van der Waals surface area (Å²) in [5, 5.41) is 4.00. The lowest BCUT2D eigenvalue weighted by Gasteiger charge is -2.13. The van der Waals surface area contributed by atoms with Gasteiger partial charge >= 0.3 is 0 Å². The fourth-order valence-corrected chi connectivity index (χ4v) is 2.64. The van der Waals surface area contributed by atoms with Crippen LogP contribution in [-0.2, 0) is 0 Å². The van der Waals surface area contributed by atoms with Crippen molar-refractivity contribution >= 4 is 47.4 Å². The molecule has 0 bridgehead atoms. The van der Waals surface area contributed by atoms with Crippen LogP contribution in [0.4, 0.5) is 11.5 Å². The zero-order chi connectivity index (χ0) is 19.4. The molecule has 0 aliphatic heterocycles. The number of carbonyl (C=O) groups is 1. The van der Waals surface area contributed by atoms with Gasteiger partial charge in [0.05, 0.1) is 23.0 Å². The van der Waals surface area contributed by atoms with Gasteiger partial charge in [0.25, 0.3) is 5.91 Å². The van der Waals surface area contributed by atoms with Crippen LogP contribution < -0.4 is 11.1 Å². The molecule has 3 rings (SSSR count). The van der Waals surface area contributed by atoms with E-state index >= 15 is 0 Å². The SMILES string of the molecule is C=N/C=C(\N=C)c1nc(Nc2ccccc2C(N)=O)c2cc(C)ccc2n1. The van der Waals surface area contributed by atoms with Gasteiger partial charge in [0, 0.05) is 5.39 Å². The molecule has 27 heavy (non-hydrogen) atoms. The van der Waals surface area contributed by atoms with Crippen molar-refractivity contribution in [3.63, 3.8) is 0 Å². The third kappa shape index (κ3) is 3.72. The van der Waals surface area contributed by atoms with E-state index < -0.39 is 5.91 Å². The second kappa shape index (κ2) is 7.57. The van der Waals surface area contributed by atoms with Crippen LogP contribution in [-0.4, -0.2) is 29.3 Å². The third-order valence-electron chi connectivity index (χ3n) is 3.91. The Kier molecular flexibility index (Phi) is 5.03. The molecule has 0 fully saturated rings. The average molecular weight is 358 g/mol. The zero-order valence-corrected chi connectivity index (χ0v) is 14.8. The number of para-hydroxylation sites is 1. The smallest absolute Gasteiger partial charge is 0.250 e. The Bertz CT molecular complexity index is 1090. The molecule has 1 aromatic heterocycles. The number of nitrogens with one attached hydrogen (secondary N) is 1. The fraction of sp³-hybridized carbons (Fsp3) is 0.0500. The molecular formula is C20H18N6O. The molecule has 1 amide bonds. The first-order valence-corrected chi connectivity index (χ1v) is 8.11. The first-order valence-electron chi connectivity index (χ1n) is 8.11. The zero-order valence-electron chi connectivity index (χ0n) is 14.8. The van der Waals surface area contributed by atoms with Gasteiger partial charge in [-0.3, -0.25) is 14.8 Å². The molecule has 3 aromatic rings. The van der Waals surface area contributed by atoms with Crippen molar-refractivity contribution in [3.8, 4) is 0 Å². The van der Waals surface area contributed by atoms with E-state index in [2.05, 4.69) is 38.7 Å². The van der Waals surface area contributed by atoms with E-state index in [1.807, 2.05) is 31.2 Å². The highest BCUT2D eigenvalue weighted by atomic mass is 16.1. The van der Waals surface area contributed by atoms with E-state index in [-0.39, 0.29) is 0 Å². The van der Waals surface area contributed by atoms with Crippen molar-refractivity contribution in [2.75, 3.05) is 5.32 Å². The Morgan fingerprint density at radius 2 is 1.96 bits per heavy atom. The van der Waals surface area contributed by atoms with E-state index in [0.717, 1.165) is 10.9 Å². The minimum atomic E-state index is -0.530. The highest BCUT2D eigenvalue weighted by Crippen LogP contribution is 2.28. The molecule has 0 saturated heterocycles. The van der Waals surface area contributed by atoms with E-state index in [9.17, 15) is 4.79 Å². The number of benzene rings is 2. The Hall–Kier alpha value is -3.87. The maximum absolute atomic E-state index is 11.7. The predicted molar refractivity (Wildman–Crippen MR) is 110 cm³/mol. The van der Waals surface area contributed by atoms with Crippen LogP contribution >= 0.6 is 0 Å². The van der Waals surface area contributed by atoms with E-state index in [1.165, 1.54) is 6.20 Å². The summed E-state index contributed by atoms with van der Waals surface area (Å²) in [7, 11) is 0. The van der Waals surface area contributed by atoms with Crippen LogP contribution in [0.3, 0.4) is 0 Å². The highest BCUT2D eigenvalue weighted by Gasteiger charge is 2.14. The number of hydrogen-bond acceptors (Lipinski definition) is 6. The number of hydrogen-bond donors (Lipinski definition) is 2. The number of primary amides is 1. The number of aryl methyl sites for hydroxylation is 1. The van der Waals surface area contributed by atoms with E-state index in [1.54, 1.807) is 18.2 Å². The average Bonchev–Trinajstić information content (AvgIpc) is 2.66. The van der Waals surface area contributed by atoms with E-state index in [0.29, 0.717) is 34.1 Å². The lowest BCUT2D eigenvalue weighted by atomic mass is 10.1. The van der Waals surface area contributed by atoms with Crippen LogP contribution in [0.25, 0.3) is 16.6 Å². The predicted octanol–water partition coefficient (Wildman–Crippen LogP) is 3.48. The molecule has 0 aliphatic carbocycles. The molecule has 1 heterocycles. The molecule has 0 radical (unpaired) electrons. The number of anilines is 2. The summed E-state index contributed by atoms with van der Waals surface area (Å²) in [6.07, 6.45) is 1.43. The first kappa shape index (κ1) is 17.9. The lowest BCUT2D eigenvalue weighted by molar-refractivity contribution is 0.100. The molecule has 7 heteroatoms. The highest BCUT2D eigenvalue weighted by molar-refractivity contribution is 6.00. The van der Waals surface area contributed by atoms with Crippen molar-refractivity contribution in [2.45, 2.75) is 6.92 Å². The van der Waals surface area contributed by atoms with Crippen molar-refractivity contribution in [1.29, 1.82) is 0 Å². The monoisotopic (exact) mass is 358 g/mol. The molecule has 134 valence electrons. The second-order valence-corrected chi connectivity index (χ2v) is 5.81. The van der Waals surface area contributed by atoms with Crippen LogP contribution in [0.2, 0.25) is 0 Å². The van der Waals surface area contributed by atoms with Gasteiger partial charge in [-0.1, -0.05) is 23.8 Å². The number of amides is 1. The van der Waals surface area contributed by atoms with E-state index in [4.69, 9.17) is 5.73 Å². The number of nitrogens with zero attached hydrogens (tertiary/aromatic N) is 4. The van der Waals surface area contributed by atoms with Crippen LogP contribution in [0.1, 0.15) is 21.7 Å². The first-order chi connectivity index (χ1) is 13.0. The van der Waals surface area contributed by atoms with Gasteiger partial charge < -0.3 is 11.1 Å². The van der Waals surface area contributed by atoms with Crippen LogP contribution in [0.5, 0.6) is 0 Å². The Morgan fingerprint density at radius 3 is 2.67 bits per heavy atom. The van der Waals surface area contributed by atoms with Crippen LogP contribution in [0, 0.1) is 6.92 Å². The molecule has 0 saturated carbocycles. The summed E-state index contributed by atoms with van der Waals surface area (Å²) in [5.41, 5.74) is 8.55. The quantitative estimate of drug-likeness (QED) is 0.658. The molecule has 7 nitrogen and oxygen atoms in total. The van der Waals surface area contributed by atoms with Gasteiger partial charge in [-0.05, 0) is 44.6 Å². The molecule has 0 spiro atoms. The largest absolute Gasteiger partial charge is 0.366 e. The molecule has 3 N–H and O–H groups in total. The van der Waals surface area contributed by atoms with Gasteiger partial charge in [0.15, 0.2) is 5.82 Å². The van der Waals surface area contributed by atoms with Crippen molar-refractivity contribution in [2.24, 2.45) is 15.7 Å². The van der Waals surface area contributed by atoms with Gasteiger partial charge in [0.1, 0.15) is 11.5 Å². The summed E-state index contributed by atoms with van der Waals surface area (Å²) < 4.78 is 0. The minimum Gasteiger partial charge on any atom is -0.366 e. The Morgan fingerprint density at radius 1 is 1.19 bits per heavy atom. The minimum absolute atomic E-state index is 0.341. The Balaban J connectivity index is 2.22. The standard InChI is InChI=1S/C20H18N6O/c1-12-8-9-16-14(10-12)19(26-20(25-16)17(23-3)11-22-2)24-15-7-5-4-6-13(15)18(21)27/h4-11H,2-3H2,1H3,(H2,21,27)(H,24,25,26)/b17-11-. The van der Waals surface area contributed by atoms with Gasteiger partial charge in [-0.25, -0.2) is 9.97 Å². The maximum atomic E-state index is 11.7. The van der Waals surface area contributed by atoms with Gasteiger partial charge in [-0.15, -0.1) is 0 Å². The summed E-state index contributed by atoms with van der Waals surface area (Å²) in [6, 6.07) is 12.8. The second-order valence-electron chi connectivity index (χ2n) is 5.81. The summed E-state index contributed by atoms with van der Waals surface area (Å²) in [6.45, 7) is 8.94. The molecule has 0 atom stereocenters. The van der Waals surface area contributed by atoms with Gasteiger partial charge in [0.2, 0.25) is 0 Å². The molecular weight excluding hydrogens is 340 g/mol. The van der Waals surface area contributed by atoms with Crippen LogP contribution in [0.15, 0.2) is 58.6 Å². The molecule has 2 aromatic carbocycles. The van der Waals surface area contributed by atoms with Gasteiger partial charge in [-0.2, -0.15) is 0 Å². The fourth-order valence-electron chi connectivity index (χ4n) is 2.64. The normalized spacial score (nSPS) is 11.2. The summed E-state index contributed by atoms with van der Waals surface area (Å²) in [4.78, 5) is 28.5. The topological polar surface area (TPSA) is 106 Å². The third-order valence-corrected chi connectivity index (χ3v) is 3.91. The summed E-state index contributed by atoms with van der Waals surface area (Å²) >= 11 is 0. The number of fused-ring (bicyclic) bond motifs is 1. The number of rotatable bonds is 6. The van der Waals surface area contributed by atoms with Crippen molar-refractivity contribution in [1.82, 2.24) is 9.97 Å². The summed E-state index contributed by atoms with van der Waals surface area (Å²) in [5.74, 6) is 0.330. The number of aliphatic imine (C=N–C) groups is 2. The number of aromatic nitrogens is 2. The number of nitrogens with two attached hydrogens (primary N) is 1. The molecule has 0 aliphatic rings. The lowest BCUT2D eigenvalue weighted by Crippen LogP contribution is -2.13. The number of carbonyl (C=O) groups excluding carboxylic acids is 1. The van der Waals surface area contributed by atoms with Crippen molar-refractivity contribution in [3.05, 3.63) is 65.6 Å². The molecule has 0 unspecified atom stereocenters.